The van der Waals surface area contributed by atoms with Crippen LogP contribution in [0.2, 0.25) is 0 Å². The Morgan fingerprint density at radius 2 is 2.23 bits per heavy atom. The molecule has 2 aromatic heterocycles. The summed E-state index contributed by atoms with van der Waals surface area (Å²) in [5.74, 6) is 1.72. The van der Waals surface area contributed by atoms with Crippen LogP contribution in [0.4, 0.5) is 0 Å². The molecule has 0 bridgehead atoms. The summed E-state index contributed by atoms with van der Waals surface area (Å²) >= 11 is 0. The maximum atomic E-state index is 12.2. The van der Waals surface area contributed by atoms with Gasteiger partial charge >= 0.3 is 0 Å². The Labute approximate surface area is 129 Å². The molecule has 0 saturated carbocycles. The van der Waals surface area contributed by atoms with Crippen LogP contribution in [0, 0.1) is 6.92 Å². The fourth-order valence-corrected chi connectivity index (χ4v) is 2.74. The van der Waals surface area contributed by atoms with Crippen LogP contribution >= 0.6 is 0 Å². The summed E-state index contributed by atoms with van der Waals surface area (Å²) in [6, 6.07) is 3.43. The zero-order valence-corrected chi connectivity index (χ0v) is 13.1. The molecule has 3 rings (SSSR count). The maximum absolute atomic E-state index is 12.2. The molecule has 1 saturated heterocycles. The van der Waals surface area contributed by atoms with E-state index >= 15 is 0 Å². The van der Waals surface area contributed by atoms with Crippen LogP contribution < -0.4 is 5.32 Å². The number of rotatable bonds is 5. The van der Waals surface area contributed by atoms with Gasteiger partial charge in [-0.2, -0.15) is 0 Å². The Balaban J connectivity index is 1.59. The van der Waals surface area contributed by atoms with Gasteiger partial charge in [0.2, 0.25) is 0 Å². The zero-order chi connectivity index (χ0) is 15.5. The third-order valence-electron chi connectivity index (χ3n) is 3.94. The smallest absolute Gasteiger partial charge is 0.287 e. The topological polar surface area (TPSA) is 74.2 Å². The third kappa shape index (κ3) is 3.39. The monoisotopic (exact) mass is 302 g/mol. The average Bonchev–Trinajstić information content (AvgIpc) is 3.20. The van der Waals surface area contributed by atoms with Crippen molar-refractivity contribution >= 4 is 5.91 Å². The van der Waals surface area contributed by atoms with Crippen molar-refractivity contribution in [2.75, 3.05) is 13.1 Å². The van der Waals surface area contributed by atoms with Gasteiger partial charge < -0.3 is 14.7 Å². The average molecular weight is 302 g/mol. The Kier molecular flexibility index (Phi) is 4.29. The molecule has 1 aliphatic rings. The number of hydrogen-bond donors (Lipinski definition) is 2. The number of likely N-dealkylation sites (tertiary alicyclic amines) is 1. The predicted octanol–water partition coefficient (Wildman–Crippen LogP) is 2.40. The van der Waals surface area contributed by atoms with E-state index in [1.165, 1.54) is 12.8 Å². The van der Waals surface area contributed by atoms with Crippen LogP contribution in [-0.2, 0) is 6.54 Å². The molecule has 2 aromatic rings. The lowest BCUT2D eigenvalue weighted by molar-refractivity contribution is 0.0907. The number of carbonyl (C=O) groups excluding carboxylic acids is 1. The normalized spacial score (nSPS) is 16.8. The van der Waals surface area contributed by atoms with E-state index in [2.05, 4.69) is 20.2 Å². The number of aryl methyl sites for hydroxylation is 1. The van der Waals surface area contributed by atoms with Crippen LogP contribution in [0.25, 0.3) is 0 Å². The molecule has 3 heterocycles. The highest BCUT2D eigenvalue weighted by Crippen LogP contribution is 2.16. The van der Waals surface area contributed by atoms with E-state index in [1.54, 1.807) is 12.3 Å². The standard InChI is InChI=1S/C16H22N4O2/c1-11-9-17-15(18-11)12(2)19-16(21)14-6-5-13(22-14)10-20-7-3-4-8-20/h5-6,9,12H,3-4,7-8,10H2,1-2H3,(H,17,18)(H,19,21)/t12-/m1/s1. The minimum absolute atomic E-state index is 0.187. The van der Waals surface area contributed by atoms with E-state index in [1.807, 2.05) is 19.9 Å². The van der Waals surface area contributed by atoms with Crippen LogP contribution in [0.15, 0.2) is 22.7 Å². The summed E-state index contributed by atoms with van der Waals surface area (Å²) in [6.07, 6.45) is 4.24. The Morgan fingerprint density at radius 3 is 2.91 bits per heavy atom. The van der Waals surface area contributed by atoms with Crippen molar-refractivity contribution in [2.45, 2.75) is 39.3 Å². The lowest BCUT2D eigenvalue weighted by atomic mass is 10.3. The summed E-state index contributed by atoms with van der Waals surface area (Å²) in [5, 5.41) is 2.89. The Morgan fingerprint density at radius 1 is 1.45 bits per heavy atom. The van der Waals surface area contributed by atoms with Gasteiger partial charge in [-0.25, -0.2) is 4.98 Å². The maximum Gasteiger partial charge on any atom is 0.287 e. The zero-order valence-electron chi connectivity index (χ0n) is 13.1. The van der Waals surface area contributed by atoms with E-state index in [-0.39, 0.29) is 11.9 Å². The quantitative estimate of drug-likeness (QED) is 0.889. The molecule has 118 valence electrons. The van der Waals surface area contributed by atoms with Crippen molar-refractivity contribution in [3.05, 3.63) is 41.4 Å². The molecule has 22 heavy (non-hydrogen) atoms. The lowest BCUT2D eigenvalue weighted by Crippen LogP contribution is -2.27. The summed E-state index contributed by atoms with van der Waals surface area (Å²) < 4.78 is 5.67. The first-order valence-electron chi connectivity index (χ1n) is 7.75. The van der Waals surface area contributed by atoms with E-state index in [0.717, 1.165) is 36.9 Å². The Hall–Kier alpha value is -2.08. The number of aromatic amines is 1. The van der Waals surface area contributed by atoms with Crippen molar-refractivity contribution in [3.8, 4) is 0 Å². The molecule has 0 aromatic carbocycles. The van der Waals surface area contributed by atoms with Gasteiger partial charge in [0.05, 0.1) is 12.6 Å². The van der Waals surface area contributed by atoms with E-state index in [0.29, 0.717) is 5.76 Å². The van der Waals surface area contributed by atoms with Crippen LogP contribution in [0.5, 0.6) is 0 Å². The number of hydrogen-bond acceptors (Lipinski definition) is 4. The number of amides is 1. The van der Waals surface area contributed by atoms with Crippen molar-refractivity contribution in [3.63, 3.8) is 0 Å². The van der Waals surface area contributed by atoms with Crippen molar-refractivity contribution in [1.29, 1.82) is 0 Å². The fraction of sp³-hybridized carbons (Fsp3) is 0.500. The highest BCUT2D eigenvalue weighted by Gasteiger charge is 2.18. The van der Waals surface area contributed by atoms with Gasteiger partial charge in [-0.05, 0) is 51.9 Å². The summed E-state index contributed by atoms with van der Waals surface area (Å²) in [5.41, 5.74) is 0.974. The summed E-state index contributed by atoms with van der Waals surface area (Å²) in [7, 11) is 0. The number of nitrogens with one attached hydrogen (secondary N) is 2. The first-order chi connectivity index (χ1) is 10.6. The second kappa shape index (κ2) is 6.36. The van der Waals surface area contributed by atoms with Crippen molar-refractivity contribution in [1.82, 2.24) is 20.2 Å². The fourth-order valence-electron chi connectivity index (χ4n) is 2.74. The van der Waals surface area contributed by atoms with E-state index < -0.39 is 0 Å². The van der Waals surface area contributed by atoms with Gasteiger partial charge in [0.1, 0.15) is 11.6 Å². The first kappa shape index (κ1) is 14.8. The Bertz CT molecular complexity index is 640. The van der Waals surface area contributed by atoms with Gasteiger partial charge in [0, 0.05) is 11.9 Å². The van der Waals surface area contributed by atoms with Gasteiger partial charge in [-0.3, -0.25) is 9.69 Å². The number of H-pyrrole nitrogens is 1. The number of imidazole rings is 1. The van der Waals surface area contributed by atoms with Crippen molar-refractivity contribution in [2.24, 2.45) is 0 Å². The van der Waals surface area contributed by atoms with E-state index in [4.69, 9.17) is 4.42 Å². The van der Waals surface area contributed by atoms with Gasteiger partial charge in [0.25, 0.3) is 5.91 Å². The largest absolute Gasteiger partial charge is 0.455 e. The second-order valence-corrected chi connectivity index (χ2v) is 5.90. The van der Waals surface area contributed by atoms with Gasteiger partial charge in [0.15, 0.2) is 5.76 Å². The number of furan rings is 1. The van der Waals surface area contributed by atoms with Crippen LogP contribution in [-0.4, -0.2) is 33.9 Å². The molecule has 1 fully saturated rings. The van der Waals surface area contributed by atoms with E-state index in [9.17, 15) is 4.79 Å². The molecule has 6 heteroatoms. The molecule has 2 N–H and O–H groups in total. The van der Waals surface area contributed by atoms with Crippen molar-refractivity contribution < 1.29 is 9.21 Å². The minimum atomic E-state index is -0.214. The molecular formula is C16H22N4O2. The highest BCUT2D eigenvalue weighted by atomic mass is 16.4. The second-order valence-electron chi connectivity index (χ2n) is 5.90. The molecule has 0 unspecified atom stereocenters. The van der Waals surface area contributed by atoms with Gasteiger partial charge in [-0.15, -0.1) is 0 Å². The van der Waals surface area contributed by atoms with Crippen LogP contribution in [0.3, 0.4) is 0 Å². The molecule has 1 aliphatic heterocycles. The molecule has 0 aliphatic carbocycles. The lowest BCUT2D eigenvalue weighted by Gasteiger charge is -2.12. The SMILES string of the molecule is Cc1cnc([C@@H](C)NC(=O)c2ccc(CN3CCCC3)o2)[nH]1. The number of nitrogens with zero attached hydrogens (tertiary/aromatic N) is 2. The minimum Gasteiger partial charge on any atom is -0.455 e. The molecular weight excluding hydrogens is 280 g/mol. The summed E-state index contributed by atoms with van der Waals surface area (Å²) in [6.45, 7) is 6.82. The number of carbonyl (C=O) groups is 1. The predicted molar refractivity (Wildman–Crippen MR) is 82.4 cm³/mol. The molecule has 1 atom stereocenters. The molecule has 1 amide bonds. The molecule has 0 radical (unpaired) electrons. The van der Waals surface area contributed by atoms with Gasteiger partial charge in [-0.1, -0.05) is 0 Å². The first-order valence-corrected chi connectivity index (χ1v) is 7.75. The third-order valence-corrected chi connectivity index (χ3v) is 3.94. The van der Waals surface area contributed by atoms with Crippen LogP contribution in [0.1, 0.15) is 53.6 Å². The number of aromatic nitrogens is 2. The molecule has 6 nitrogen and oxygen atoms in total. The molecule has 0 spiro atoms. The highest BCUT2D eigenvalue weighted by molar-refractivity contribution is 5.91. The summed E-state index contributed by atoms with van der Waals surface area (Å²) in [4.78, 5) is 21.9.